The first-order chi connectivity index (χ1) is 12.2. The molecule has 0 bridgehead atoms. The lowest BCUT2D eigenvalue weighted by Gasteiger charge is -2.24. The number of methoxy groups -OCH3 is 1. The van der Waals surface area contributed by atoms with E-state index < -0.39 is 0 Å². The van der Waals surface area contributed by atoms with Gasteiger partial charge in [-0.2, -0.15) is 0 Å². The number of carbonyl (C=O) groups is 1. The maximum Gasteiger partial charge on any atom is 0.254 e. The lowest BCUT2D eigenvalue weighted by Crippen LogP contribution is -2.33. The molecule has 132 valence electrons. The Labute approximate surface area is 148 Å². The molecule has 0 fully saturated rings. The molecule has 0 aromatic heterocycles. The van der Waals surface area contributed by atoms with Gasteiger partial charge in [-0.05, 0) is 31.0 Å². The maximum atomic E-state index is 12.9. The van der Waals surface area contributed by atoms with E-state index in [1.807, 2.05) is 30.0 Å². The number of hydrogen-bond acceptors (Lipinski definition) is 4. The third kappa shape index (κ3) is 3.87. The Morgan fingerprint density at radius 2 is 1.92 bits per heavy atom. The molecule has 0 N–H and O–H groups in total. The number of rotatable bonds is 6. The molecular weight excluding hydrogens is 318 g/mol. The van der Waals surface area contributed by atoms with Crippen LogP contribution < -0.4 is 14.2 Å². The van der Waals surface area contributed by atoms with Crippen molar-refractivity contribution in [1.82, 2.24) is 4.90 Å². The van der Waals surface area contributed by atoms with Gasteiger partial charge in [0.15, 0.2) is 11.5 Å². The number of ether oxygens (including phenoxy) is 3. The summed E-state index contributed by atoms with van der Waals surface area (Å²) in [4.78, 5) is 14.8. The van der Waals surface area contributed by atoms with Crippen LogP contribution in [-0.4, -0.2) is 44.2 Å². The summed E-state index contributed by atoms with van der Waals surface area (Å²) in [7, 11) is 1.56. The molecule has 1 heterocycles. The van der Waals surface area contributed by atoms with Crippen LogP contribution in [0.2, 0.25) is 0 Å². The number of carbonyl (C=O) groups excluding carboxylic acids is 1. The van der Waals surface area contributed by atoms with E-state index in [-0.39, 0.29) is 5.91 Å². The predicted octanol–water partition coefficient (Wildman–Crippen LogP) is 3.17. The molecule has 0 unspecified atom stereocenters. The molecule has 25 heavy (non-hydrogen) atoms. The molecule has 5 heteroatoms. The summed E-state index contributed by atoms with van der Waals surface area (Å²) in [6.07, 6.45) is 0.822. The Kier molecular flexibility index (Phi) is 5.43. The van der Waals surface area contributed by atoms with Gasteiger partial charge in [0.25, 0.3) is 5.91 Å². The molecule has 0 spiro atoms. The zero-order valence-electron chi connectivity index (χ0n) is 14.7. The second kappa shape index (κ2) is 7.92. The van der Waals surface area contributed by atoms with Crippen LogP contribution >= 0.6 is 0 Å². The van der Waals surface area contributed by atoms with Crippen LogP contribution in [0.4, 0.5) is 0 Å². The molecule has 0 atom stereocenters. The topological polar surface area (TPSA) is 48.0 Å². The smallest absolute Gasteiger partial charge is 0.254 e. The molecule has 5 nitrogen and oxygen atoms in total. The average molecular weight is 341 g/mol. The largest absolute Gasteiger partial charge is 0.493 e. The van der Waals surface area contributed by atoms with Crippen LogP contribution in [0.1, 0.15) is 22.8 Å². The molecule has 0 aliphatic carbocycles. The van der Waals surface area contributed by atoms with Gasteiger partial charge in [-0.1, -0.05) is 30.3 Å². The van der Waals surface area contributed by atoms with Crippen molar-refractivity contribution in [1.29, 1.82) is 0 Å². The summed E-state index contributed by atoms with van der Waals surface area (Å²) in [6, 6.07) is 13.6. The summed E-state index contributed by atoms with van der Waals surface area (Å²) in [5.41, 5.74) is 1.77. The van der Waals surface area contributed by atoms with Crippen LogP contribution in [-0.2, 0) is 6.42 Å². The first-order valence-corrected chi connectivity index (χ1v) is 8.53. The fourth-order valence-electron chi connectivity index (χ4n) is 2.89. The summed E-state index contributed by atoms with van der Waals surface area (Å²) in [6.45, 7) is 4.24. The highest BCUT2D eigenvalue weighted by Crippen LogP contribution is 2.40. The van der Waals surface area contributed by atoms with E-state index in [0.29, 0.717) is 49.1 Å². The van der Waals surface area contributed by atoms with Gasteiger partial charge in [0.1, 0.15) is 13.2 Å². The standard InChI is InChI=1S/C20H23NO4/c1-3-21(10-9-15-7-5-4-6-8-15)20(22)16-13-17(23-2)19-18(14-16)24-11-12-25-19/h4-8,13-14H,3,9-12H2,1-2H3. The predicted molar refractivity (Wildman–Crippen MR) is 95.7 cm³/mol. The Bertz CT molecular complexity index is 713. The molecule has 2 aromatic carbocycles. The summed E-state index contributed by atoms with van der Waals surface area (Å²) < 4.78 is 16.6. The van der Waals surface area contributed by atoms with Gasteiger partial charge < -0.3 is 19.1 Å². The van der Waals surface area contributed by atoms with Crippen molar-refractivity contribution in [2.75, 3.05) is 33.4 Å². The highest BCUT2D eigenvalue weighted by atomic mass is 16.6. The fraction of sp³-hybridized carbons (Fsp3) is 0.350. The normalized spacial score (nSPS) is 12.6. The lowest BCUT2D eigenvalue weighted by molar-refractivity contribution is 0.0764. The van der Waals surface area contributed by atoms with Gasteiger partial charge in [-0.25, -0.2) is 0 Å². The zero-order valence-corrected chi connectivity index (χ0v) is 14.7. The highest BCUT2D eigenvalue weighted by molar-refractivity contribution is 5.95. The summed E-state index contributed by atoms with van der Waals surface area (Å²) >= 11 is 0. The molecule has 3 rings (SSSR count). The van der Waals surface area contributed by atoms with Crippen LogP contribution in [0.5, 0.6) is 17.2 Å². The third-order valence-electron chi connectivity index (χ3n) is 4.26. The van der Waals surface area contributed by atoms with E-state index in [1.54, 1.807) is 19.2 Å². The Balaban J connectivity index is 1.78. The third-order valence-corrected chi connectivity index (χ3v) is 4.26. The number of hydrogen-bond donors (Lipinski definition) is 0. The minimum atomic E-state index is -0.0336. The zero-order chi connectivity index (χ0) is 17.6. The monoisotopic (exact) mass is 341 g/mol. The lowest BCUT2D eigenvalue weighted by atomic mass is 10.1. The second-order valence-corrected chi connectivity index (χ2v) is 5.82. The number of likely N-dealkylation sites (N-methyl/N-ethyl adjacent to an activating group) is 1. The van der Waals surface area contributed by atoms with E-state index in [9.17, 15) is 4.79 Å². The van der Waals surface area contributed by atoms with Crippen molar-refractivity contribution in [3.8, 4) is 17.2 Å². The van der Waals surface area contributed by atoms with Gasteiger partial charge in [0.05, 0.1) is 7.11 Å². The minimum absolute atomic E-state index is 0.0336. The molecule has 0 saturated heterocycles. The van der Waals surface area contributed by atoms with Crippen molar-refractivity contribution >= 4 is 5.91 Å². The Morgan fingerprint density at radius 3 is 2.64 bits per heavy atom. The van der Waals surface area contributed by atoms with E-state index in [2.05, 4.69) is 12.1 Å². The molecule has 0 saturated carbocycles. The molecule has 1 aliphatic heterocycles. The summed E-state index contributed by atoms with van der Waals surface area (Å²) in [5.74, 6) is 1.62. The van der Waals surface area contributed by atoms with Crippen molar-refractivity contribution < 1.29 is 19.0 Å². The fourth-order valence-corrected chi connectivity index (χ4v) is 2.89. The second-order valence-electron chi connectivity index (χ2n) is 5.82. The van der Waals surface area contributed by atoms with Gasteiger partial charge >= 0.3 is 0 Å². The number of amides is 1. The minimum Gasteiger partial charge on any atom is -0.493 e. The van der Waals surface area contributed by atoms with E-state index in [0.717, 1.165) is 6.42 Å². The molecule has 1 aliphatic rings. The van der Waals surface area contributed by atoms with Gasteiger partial charge in [0.2, 0.25) is 5.75 Å². The van der Waals surface area contributed by atoms with Crippen molar-refractivity contribution in [2.24, 2.45) is 0 Å². The van der Waals surface area contributed by atoms with Gasteiger partial charge in [-0.3, -0.25) is 4.79 Å². The number of nitrogens with zero attached hydrogens (tertiary/aromatic N) is 1. The Hall–Kier alpha value is -2.69. The highest BCUT2D eigenvalue weighted by Gasteiger charge is 2.23. The van der Waals surface area contributed by atoms with Crippen LogP contribution in [0.15, 0.2) is 42.5 Å². The molecule has 2 aromatic rings. The van der Waals surface area contributed by atoms with Gasteiger partial charge in [-0.15, -0.1) is 0 Å². The summed E-state index contributed by atoms with van der Waals surface area (Å²) in [5, 5.41) is 0. The van der Waals surface area contributed by atoms with Crippen LogP contribution in [0.25, 0.3) is 0 Å². The first-order valence-electron chi connectivity index (χ1n) is 8.53. The van der Waals surface area contributed by atoms with E-state index in [1.165, 1.54) is 5.56 Å². The van der Waals surface area contributed by atoms with Crippen molar-refractivity contribution in [3.05, 3.63) is 53.6 Å². The molecule has 1 amide bonds. The van der Waals surface area contributed by atoms with E-state index >= 15 is 0 Å². The quantitative estimate of drug-likeness (QED) is 0.810. The van der Waals surface area contributed by atoms with Crippen LogP contribution in [0, 0.1) is 0 Å². The Morgan fingerprint density at radius 1 is 1.16 bits per heavy atom. The SMILES string of the molecule is CCN(CCc1ccccc1)C(=O)c1cc(OC)c2c(c1)OCCO2. The maximum absolute atomic E-state index is 12.9. The average Bonchev–Trinajstić information content (AvgIpc) is 2.68. The van der Waals surface area contributed by atoms with Crippen molar-refractivity contribution in [2.45, 2.75) is 13.3 Å². The molecule has 0 radical (unpaired) electrons. The van der Waals surface area contributed by atoms with Crippen molar-refractivity contribution in [3.63, 3.8) is 0 Å². The van der Waals surface area contributed by atoms with E-state index in [4.69, 9.17) is 14.2 Å². The van der Waals surface area contributed by atoms with Gasteiger partial charge in [0, 0.05) is 18.7 Å². The number of fused-ring (bicyclic) bond motifs is 1. The first kappa shape index (κ1) is 17.1. The molecular formula is C20H23NO4. The van der Waals surface area contributed by atoms with Crippen LogP contribution in [0.3, 0.4) is 0 Å². The number of benzene rings is 2.